The minimum Gasteiger partial charge on any atom is -0.313 e. The Kier molecular flexibility index (Phi) is 5.55. The lowest BCUT2D eigenvalue weighted by Gasteiger charge is -2.33. The van der Waals surface area contributed by atoms with E-state index in [4.69, 9.17) is 0 Å². The quantitative estimate of drug-likeness (QED) is 0.751. The van der Waals surface area contributed by atoms with E-state index in [0.717, 1.165) is 32.1 Å². The summed E-state index contributed by atoms with van der Waals surface area (Å²) in [5.74, 6) is 0. The van der Waals surface area contributed by atoms with E-state index in [1.165, 1.54) is 24.8 Å². The summed E-state index contributed by atoms with van der Waals surface area (Å²) in [5, 5.41) is 3.69. The highest BCUT2D eigenvalue weighted by atomic mass is 15.1. The molecule has 0 amide bonds. The molecule has 1 aromatic rings. The smallest absolute Gasteiger partial charge is 0.0270 e. The van der Waals surface area contributed by atoms with Crippen LogP contribution in [-0.2, 0) is 6.42 Å². The van der Waals surface area contributed by atoms with Crippen LogP contribution in [0.3, 0.4) is 0 Å². The lowest BCUT2D eigenvalue weighted by atomic mass is 9.86. The molecule has 2 rings (SSSR count). The van der Waals surface area contributed by atoms with Crippen molar-refractivity contribution in [3.63, 3.8) is 0 Å². The van der Waals surface area contributed by atoms with Gasteiger partial charge < -0.3 is 10.2 Å². The van der Waals surface area contributed by atoms with E-state index < -0.39 is 0 Å². The second-order valence-electron chi connectivity index (χ2n) is 6.66. The van der Waals surface area contributed by atoms with Gasteiger partial charge in [-0.3, -0.25) is 4.98 Å². The first-order valence-corrected chi connectivity index (χ1v) is 7.92. The molecule has 0 spiro atoms. The Hall–Kier alpha value is -0.930. The highest BCUT2D eigenvalue weighted by molar-refractivity contribution is 5.09. The summed E-state index contributed by atoms with van der Waals surface area (Å²) >= 11 is 0. The molecule has 0 aliphatic heterocycles. The van der Waals surface area contributed by atoms with Crippen LogP contribution in [0.2, 0.25) is 0 Å². The average Bonchev–Trinajstić information content (AvgIpc) is 3.28. The fourth-order valence-electron chi connectivity index (χ4n) is 2.57. The van der Waals surface area contributed by atoms with Gasteiger partial charge in [0.1, 0.15) is 0 Å². The van der Waals surface area contributed by atoms with Crippen LogP contribution in [0.15, 0.2) is 24.5 Å². The normalized spacial score (nSPS) is 18.2. The molecule has 1 unspecified atom stereocenters. The van der Waals surface area contributed by atoms with Crippen LogP contribution in [-0.4, -0.2) is 42.6 Å². The minimum absolute atomic E-state index is 0.385. The van der Waals surface area contributed by atoms with Crippen molar-refractivity contribution >= 4 is 0 Å². The van der Waals surface area contributed by atoms with Crippen molar-refractivity contribution in [1.82, 2.24) is 15.2 Å². The molecule has 3 nitrogen and oxygen atoms in total. The molecule has 0 radical (unpaired) electrons. The number of hydrogen-bond donors (Lipinski definition) is 1. The van der Waals surface area contributed by atoms with Gasteiger partial charge in [0.05, 0.1) is 0 Å². The van der Waals surface area contributed by atoms with Crippen molar-refractivity contribution in [1.29, 1.82) is 0 Å². The molecule has 1 aliphatic carbocycles. The Bertz CT molecular complexity index is 388. The Balaban J connectivity index is 1.74. The minimum atomic E-state index is 0.385. The lowest BCUT2D eigenvalue weighted by molar-refractivity contribution is 0.181. The van der Waals surface area contributed by atoms with Crippen LogP contribution in [0, 0.1) is 5.41 Å². The van der Waals surface area contributed by atoms with E-state index in [-0.39, 0.29) is 0 Å². The van der Waals surface area contributed by atoms with Gasteiger partial charge in [0.15, 0.2) is 0 Å². The summed E-state index contributed by atoms with van der Waals surface area (Å²) < 4.78 is 0. The molecule has 1 aliphatic rings. The molecule has 0 saturated heterocycles. The van der Waals surface area contributed by atoms with Gasteiger partial charge in [0, 0.05) is 38.1 Å². The highest BCUT2D eigenvalue weighted by Crippen LogP contribution is 2.25. The van der Waals surface area contributed by atoms with E-state index in [1.54, 1.807) is 0 Å². The maximum atomic E-state index is 4.07. The van der Waals surface area contributed by atoms with E-state index in [2.05, 4.69) is 48.2 Å². The Morgan fingerprint density at radius 3 is 2.65 bits per heavy atom. The number of pyridine rings is 1. The van der Waals surface area contributed by atoms with Crippen molar-refractivity contribution < 1.29 is 0 Å². The number of aromatic nitrogens is 1. The van der Waals surface area contributed by atoms with E-state index in [0.29, 0.717) is 5.41 Å². The number of nitrogens with zero attached hydrogens (tertiary/aromatic N) is 2. The van der Waals surface area contributed by atoms with Gasteiger partial charge in [-0.1, -0.05) is 13.8 Å². The van der Waals surface area contributed by atoms with Crippen molar-refractivity contribution in [3.05, 3.63) is 30.1 Å². The zero-order chi connectivity index (χ0) is 14.4. The third kappa shape index (κ3) is 5.22. The maximum Gasteiger partial charge on any atom is 0.0270 e. The third-order valence-corrected chi connectivity index (χ3v) is 4.43. The summed E-state index contributed by atoms with van der Waals surface area (Å²) in [6.45, 7) is 8.14. The van der Waals surface area contributed by atoms with Gasteiger partial charge in [-0.2, -0.15) is 0 Å². The largest absolute Gasteiger partial charge is 0.313 e. The molecule has 1 fully saturated rings. The summed E-state index contributed by atoms with van der Waals surface area (Å²) in [5.41, 5.74) is 1.76. The Labute approximate surface area is 123 Å². The number of hydrogen-bond acceptors (Lipinski definition) is 3. The molecule has 1 aromatic heterocycles. The molecule has 20 heavy (non-hydrogen) atoms. The maximum absolute atomic E-state index is 4.07. The van der Waals surface area contributed by atoms with Gasteiger partial charge in [-0.05, 0) is 55.8 Å². The first kappa shape index (κ1) is 15.5. The Morgan fingerprint density at radius 2 is 2.05 bits per heavy atom. The van der Waals surface area contributed by atoms with Gasteiger partial charge in [0.2, 0.25) is 0 Å². The molecule has 1 atom stereocenters. The van der Waals surface area contributed by atoms with E-state index in [9.17, 15) is 0 Å². The first-order valence-electron chi connectivity index (χ1n) is 7.92. The van der Waals surface area contributed by atoms with E-state index in [1.807, 2.05) is 12.4 Å². The van der Waals surface area contributed by atoms with Crippen LogP contribution >= 0.6 is 0 Å². The second-order valence-corrected chi connectivity index (χ2v) is 6.66. The van der Waals surface area contributed by atoms with Crippen LogP contribution in [0.4, 0.5) is 0 Å². The fourth-order valence-corrected chi connectivity index (χ4v) is 2.57. The fraction of sp³-hybridized carbons (Fsp3) is 0.706. The number of likely N-dealkylation sites (N-methyl/N-ethyl adjacent to an activating group) is 1. The predicted octanol–water partition coefficient (Wildman–Crippen LogP) is 2.72. The summed E-state index contributed by atoms with van der Waals surface area (Å²) in [6.07, 6.45) is 8.84. The van der Waals surface area contributed by atoms with Gasteiger partial charge in [-0.25, -0.2) is 0 Å². The molecule has 3 heteroatoms. The molecule has 1 heterocycles. The zero-order valence-corrected chi connectivity index (χ0v) is 13.2. The topological polar surface area (TPSA) is 28.2 Å². The average molecular weight is 275 g/mol. The van der Waals surface area contributed by atoms with Crippen molar-refractivity contribution in [2.45, 2.75) is 45.6 Å². The molecule has 0 aromatic carbocycles. The predicted molar refractivity (Wildman–Crippen MR) is 84.9 cm³/mol. The van der Waals surface area contributed by atoms with Crippen LogP contribution in [0.5, 0.6) is 0 Å². The van der Waals surface area contributed by atoms with Crippen molar-refractivity contribution in [3.8, 4) is 0 Å². The van der Waals surface area contributed by atoms with Crippen LogP contribution < -0.4 is 5.32 Å². The molecular weight excluding hydrogens is 246 g/mol. The summed E-state index contributed by atoms with van der Waals surface area (Å²) in [4.78, 5) is 6.54. The van der Waals surface area contributed by atoms with Crippen molar-refractivity contribution in [2.75, 3.05) is 26.7 Å². The summed E-state index contributed by atoms with van der Waals surface area (Å²) in [6, 6.07) is 5.03. The van der Waals surface area contributed by atoms with Crippen LogP contribution in [0.25, 0.3) is 0 Å². The standard InChI is InChI=1S/C17H29N3/c1-4-17(2,13-19-16-5-6-16)14-20(3)12-9-15-7-10-18-11-8-15/h7-8,10-11,16,19H,4-6,9,12-14H2,1-3H3. The molecule has 112 valence electrons. The SMILES string of the molecule is CCC(C)(CNC1CC1)CN(C)CCc1ccncc1. The first-order chi connectivity index (χ1) is 9.61. The lowest BCUT2D eigenvalue weighted by Crippen LogP contribution is -2.41. The summed E-state index contributed by atoms with van der Waals surface area (Å²) in [7, 11) is 2.24. The second kappa shape index (κ2) is 7.19. The van der Waals surface area contributed by atoms with Gasteiger partial charge in [0.25, 0.3) is 0 Å². The van der Waals surface area contributed by atoms with Crippen LogP contribution in [0.1, 0.15) is 38.7 Å². The molecule has 0 bridgehead atoms. The monoisotopic (exact) mass is 275 g/mol. The molecule has 1 N–H and O–H groups in total. The number of nitrogens with one attached hydrogen (secondary N) is 1. The van der Waals surface area contributed by atoms with E-state index >= 15 is 0 Å². The van der Waals surface area contributed by atoms with Crippen molar-refractivity contribution in [2.24, 2.45) is 5.41 Å². The Morgan fingerprint density at radius 1 is 1.35 bits per heavy atom. The zero-order valence-electron chi connectivity index (χ0n) is 13.2. The van der Waals surface area contributed by atoms with Gasteiger partial charge >= 0.3 is 0 Å². The molecular formula is C17H29N3. The highest BCUT2D eigenvalue weighted by Gasteiger charge is 2.28. The third-order valence-electron chi connectivity index (χ3n) is 4.43. The van der Waals surface area contributed by atoms with Gasteiger partial charge in [-0.15, -0.1) is 0 Å². The number of rotatable bonds is 9. The molecule has 1 saturated carbocycles.